The molecule has 0 aliphatic carbocycles. The fraction of sp³-hybridized carbons (Fsp3) is 0.833. The lowest BCUT2D eigenvalue weighted by Gasteiger charge is -2.20. The van der Waals surface area contributed by atoms with Gasteiger partial charge in [-0.15, -0.1) is 0 Å². The maximum Gasteiger partial charge on any atom is 0.228 e. The molecule has 1 saturated heterocycles. The van der Waals surface area contributed by atoms with Crippen molar-refractivity contribution < 1.29 is 5.11 Å². The van der Waals surface area contributed by atoms with Gasteiger partial charge >= 0.3 is 0 Å². The molecule has 2 rings (SSSR count). The van der Waals surface area contributed by atoms with Gasteiger partial charge in [0.15, 0.2) is 0 Å². The van der Waals surface area contributed by atoms with Crippen LogP contribution in [0.25, 0.3) is 0 Å². The molecule has 12 heavy (non-hydrogen) atoms. The summed E-state index contributed by atoms with van der Waals surface area (Å²) in [7, 11) is 0. The maximum absolute atomic E-state index is 9.03. The molecule has 0 amide bonds. The van der Waals surface area contributed by atoms with Crippen LogP contribution in [0.1, 0.15) is 12.8 Å². The van der Waals surface area contributed by atoms with Crippen molar-refractivity contribution in [3.63, 3.8) is 0 Å². The summed E-state index contributed by atoms with van der Waals surface area (Å²) < 4.78 is 3.69. The Hall–Kier alpha value is -0.750. The molecular formula is C6H10N4OS. The molecule has 1 fully saturated rings. The monoisotopic (exact) mass is 186 g/mol. The topological polar surface area (TPSA) is 62.1 Å². The Balaban J connectivity index is 2.13. The van der Waals surface area contributed by atoms with E-state index in [0.29, 0.717) is 0 Å². The SMILES string of the molecule is OCC1CCCN1c1nnns1. The summed E-state index contributed by atoms with van der Waals surface area (Å²) in [6.45, 7) is 1.15. The van der Waals surface area contributed by atoms with E-state index in [4.69, 9.17) is 5.11 Å². The maximum atomic E-state index is 9.03. The molecule has 1 N–H and O–H groups in total. The van der Waals surface area contributed by atoms with Crippen molar-refractivity contribution >= 4 is 16.7 Å². The van der Waals surface area contributed by atoms with Crippen LogP contribution < -0.4 is 4.90 Å². The molecule has 66 valence electrons. The number of rotatable bonds is 2. The van der Waals surface area contributed by atoms with Crippen LogP contribution in [0.2, 0.25) is 0 Å². The molecule has 0 saturated carbocycles. The number of nitrogens with zero attached hydrogens (tertiary/aromatic N) is 4. The first-order chi connectivity index (χ1) is 5.92. The fourth-order valence-electron chi connectivity index (χ4n) is 1.52. The third kappa shape index (κ3) is 1.27. The minimum Gasteiger partial charge on any atom is -0.394 e. The molecule has 1 unspecified atom stereocenters. The van der Waals surface area contributed by atoms with Gasteiger partial charge in [0.05, 0.1) is 12.6 Å². The molecule has 1 aromatic heterocycles. The normalized spacial score (nSPS) is 23.4. The van der Waals surface area contributed by atoms with E-state index in [1.807, 2.05) is 0 Å². The Labute approximate surface area is 74.2 Å². The molecule has 1 aromatic rings. The number of aliphatic hydroxyl groups excluding tert-OH is 1. The Morgan fingerprint density at radius 2 is 2.58 bits per heavy atom. The van der Waals surface area contributed by atoms with Gasteiger partial charge in [-0.1, -0.05) is 9.59 Å². The van der Waals surface area contributed by atoms with Crippen molar-refractivity contribution in [3.05, 3.63) is 0 Å². The van der Waals surface area contributed by atoms with Crippen LogP contribution in [-0.2, 0) is 0 Å². The van der Waals surface area contributed by atoms with Crippen molar-refractivity contribution in [1.29, 1.82) is 0 Å². The number of aromatic nitrogens is 3. The molecule has 2 heterocycles. The van der Waals surface area contributed by atoms with Crippen molar-refractivity contribution in [2.75, 3.05) is 18.1 Å². The lowest BCUT2D eigenvalue weighted by molar-refractivity contribution is 0.266. The summed E-state index contributed by atoms with van der Waals surface area (Å²) in [5.74, 6) is 0. The third-order valence-corrected chi connectivity index (χ3v) is 2.76. The summed E-state index contributed by atoms with van der Waals surface area (Å²) in [5.41, 5.74) is 0. The average molecular weight is 186 g/mol. The lowest BCUT2D eigenvalue weighted by atomic mass is 10.2. The van der Waals surface area contributed by atoms with Crippen LogP contribution in [0.5, 0.6) is 0 Å². The van der Waals surface area contributed by atoms with E-state index >= 15 is 0 Å². The van der Waals surface area contributed by atoms with Crippen LogP contribution in [-0.4, -0.2) is 39.1 Å². The zero-order valence-corrected chi connectivity index (χ0v) is 7.37. The Kier molecular flexibility index (Phi) is 2.18. The highest BCUT2D eigenvalue weighted by Crippen LogP contribution is 2.24. The summed E-state index contributed by atoms with van der Waals surface area (Å²) in [5, 5.41) is 17.3. The smallest absolute Gasteiger partial charge is 0.228 e. The van der Waals surface area contributed by atoms with Crippen molar-refractivity contribution in [3.8, 4) is 0 Å². The minimum absolute atomic E-state index is 0.194. The first kappa shape index (κ1) is 7.88. The second kappa shape index (κ2) is 3.32. The zero-order valence-electron chi connectivity index (χ0n) is 6.55. The van der Waals surface area contributed by atoms with Gasteiger partial charge < -0.3 is 10.0 Å². The van der Waals surface area contributed by atoms with Gasteiger partial charge in [0.1, 0.15) is 0 Å². The molecule has 0 aromatic carbocycles. The average Bonchev–Trinajstić information content (AvgIpc) is 2.74. The number of hydrogen-bond acceptors (Lipinski definition) is 6. The van der Waals surface area contributed by atoms with Gasteiger partial charge in [0.25, 0.3) is 0 Å². The number of anilines is 1. The lowest BCUT2D eigenvalue weighted by Crippen LogP contribution is -2.31. The van der Waals surface area contributed by atoms with Crippen LogP contribution in [0.4, 0.5) is 5.13 Å². The molecule has 0 spiro atoms. The summed E-state index contributed by atoms with van der Waals surface area (Å²) in [6, 6.07) is 0.222. The van der Waals surface area contributed by atoms with Crippen LogP contribution in [0.3, 0.4) is 0 Å². The van der Waals surface area contributed by atoms with Gasteiger partial charge in [0, 0.05) is 18.1 Å². The Morgan fingerprint density at radius 1 is 1.67 bits per heavy atom. The minimum atomic E-state index is 0.194. The highest BCUT2D eigenvalue weighted by atomic mass is 32.1. The second-order valence-corrected chi connectivity index (χ2v) is 3.53. The van der Waals surface area contributed by atoms with E-state index in [1.165, 1.54) is 11.5 Å². The van der Waals surface area contributed by atoms with E-state index in [0.717, 1.165) is 24.5 Å². The molecule has 6 heteroatoms. The summed E-state index contributed by atoms with van der Waals surface area (Å²) in [4.78, 5) is 2.07. The Bertz CT molecular complexity index is 240. The largest absolute Gasteiger partial charge is 0.394 e. The first-order valence-electron chi connectivity index (χ1n) is 3.94. The van der Waals surface area contributed by atoms with Gasteiger partial charge in [0.2, 0.25) is 5.13 Å². The molecule has 0 bridgehead atoms. The molecule has 1 aliphatic heterocycles. The number of hydrogen-bond donors (Lipinski definition) is 1. The fourth-order valence-corrected chi connectivity index (χ4v) is 2.08. The standard InChI is InChI=1S/C6H10N4OS/c11-4-5-2-1-3-10(5)6-7-8-9-12-6/h5,11H,1-4H2. The quantitative estimate of drug-likeness (QED) is 0.698. The van der Waals surface area contributed by atoms with Crippen LogP contribution >= 0.6 is 11.5 Å². The summed E-state index contributed by atoms with van der Waals surface area (Å²) in [6.07, 6.45) is 2.15. The summed E-state index contributed by atoms with van der Waals surface area (Å²) >= 11 is 1.28. The van der Waals surface area contributed by atoms with Crippen LogP contribution in [0.15, 0.2) is 0 Å². The van der Waals surface area contributed by atoms with E-state index in [9.17, 15) is 0 Å². The predicted molar refractivity (Wildman–Crippen MR) is 45.2 cm³/mol. The molecule has 5 nitrogen and oxygen atoms in total. The number of aliphatic hydroxyl groups is 1. The van der Waals surface area contributed by atoms with Gasteiger partial charge in [-0.05, 0) is 18.1 Å². The molecule has 1 aliphatic rings. The van der Waals surface area contributed by atoms with E-state index in [2.05, 4.69) is 19.7 Å². The van der Waals surface area contributed by atoms with E-state index < -0.39 is 0 Å². The van der Waals surface area contributed by atoms with E-state index in [-0.39, 0.29) is 12.6 Å². The second-order valence-electron chi connectivity index (χ2n) is 2.82. The van der Waals surface area contributed by atoms with Gasteiger partial charge in [-0.2, -0.15) is 0 Å². The van der Waals surface area contributed by atoms with Gasteiger partial charge in [-0.3, -0.25) is 0 Å². The first-order valence-corrected chi connectivity index (χ1v) is 4.71. The van der Waals surface area contributed by atoms with Crippen molar-refractivity contribution in [1.82, 2.24) is 14.8 Å². The van der Waals surface area contributed by atoms with E-state index in [1.54, 1.807) is 0 Å². The van der Waals surface area contributed by atoms with Crippen LogP contribution in [0, 0.1) is 0 Å². The highest BCUT2D eigenvalue weighted by molar-refractivity contribution is 7.09. The third-order valence-electron chi connectivity index (χ3n) is 2.12. The van der Waals surface area contributed by atoms with Crippen molar-refractivity contribution in [2.24, 2.45) is 0 Å². The molecule has 0 radical (unpaired) electrons. The zero-order chi connectivity index (χ0) is 8.39. The predicted octanol–water partition coefficient (Wildman–Crippen LogP) is -0.106. The van der Waals surface area contributed by atoms with Crippen molar-refractivity contribution in [2.45, 2.75) is 18.9 Å². The highest BCUT2D eigenvalue weighted by Gasteiger charge is 2.26. The Morgan fingerprint density at radius 3 is 3.25 bits per heavy atom. The molecule has 1 atom stereocenters. The molecular weight excluding hydrogens is 176 g/mol. The van der Waals surface area contributed by atoms with Gasteiger partial charge in [-0.25, -0.2) is 0 Å².